The highest BCUT2D eigenvalue weighted by molar-refractivity contribution is 6.12. The molecule has 1 aliphatic rings. The zero-order valence-electron chi connectivity index (χ0n) is 10.9. The summed E-state index contributed by atoms with van der Waals surface area (Å²) in [7, 11) is 0. The Hall–Kier alpha value is -1.89. The van der Waals surface area contributed by atoms with Gasteiger partial charge in [-0.25, -0.2) is 0 Å². The summed E-state index contributed by atoms with van der Waals surface area (Å²) in [6, 6.07) is 19.0. The summed E-state index contributed by atoms with van der Waals surface area (Å²) >= 11 is 0. The highest BCUT2D eigenvalue weighted by atomic mass is 14.8. The fourth-order valence-electron chi connectivity index (χ4n) is 2.75. The minimum Gasteiger partial charge on any atom is -0.252 e. The highest BCUT2D eigenvalue weighted by Crippen LogP contribution is 2.43. The first-order valence-electron chi connectivity index (χ1n) is 6.50. The van der Waals surface area contributed by atoms with Crippen molar-refractivity contribution in [1.82, 2.24) is 0 Å². The molecule has 0 aliphatic carbocycles. The van der Waals surface area contributed by atoms with Crippen molar-refractivity contribution in [1.29, 1.82) is 0 Å². The summed E-state index contributed by atoms with van der Waals surface area (Å²) < 4.78 is 0. The van der Waals surface area contributed by atoms with E-state index in [0.717, 1.165) is 12.1 Å². The molecule has 1 unspecified atom stereocenters. The average Bonchev–Trinajstić information content (AvgIpc) is 2.74. The molecule has 0 aromatic heterocycles. The normalized spacial score (nSPS) is 21.6. The minimum atomic E-state index is 0.0396. The molecule has 0 amide bonds. The number of nitrogens with zero attached hydrogens (tertiary/aromatic N) is 1. The summed E-state index contributed by atoms with van der Waals surface area (Å²) in [5.74, 6) is 0. The predicted octanol–water partition coefficient (Wildman–Crippen LogP) is 4.49. The summed E-state index contributed by atoms with van der Waals surface area (Å²) in [5, 5.41) is 0. The van der Waals surface area contributed by atoms with Crippen molar-refractivity contribution >= 4 is 11.4 Å². The monoisotopic (exact) mass is 235 g/mol. The van der Waals surface area contributed by atoms with Gasteiger partial charge in [-0.1, -0.05) is 55.5 Å². The van der Waals surface area contributed by atoms with Crippen LogP contribution in [0.1, 0.15) is 31.4 Å². The van der Waals surface area contributed by atoms with Gasteiger partial charge in [-0.15, -0.1) is 0 Å². The molecule has 1 atom stereocenters. The third kappa shape index (κ3) is 1.51. The van der Waals surface area contributed by atoms with Crippen molar-refractivity contribution in [2.24, 2.45) is 4.99 Å². The first kappa shape index (κ1) is 11.2. The third-order valence-electron chi connectivity index (χ3n) is 4.01. The van der Waals surface area contributed by atoms with Crippen LogP contribution in [0.4, 0.5) is 5.69 Å². The summed E-state index contributed by atoms with van der Waals surface area (Å²) in [5.41, 5.74) is 4.95. The first-order chi connectivity index (χ1) is 8.75. The number of rotatable bonds is 2. The van der Waals surface area contributed by atoms with Gasteiger partial charge in [-0.2, -0.15) is 0 Å². The van der Waals surface area contributed by atoms with E-state index in [-0.39, 0.29) is 5.41 Å². The van der Waals surface area contributed by atoms with Crippen molar-refractivity contribution in [2.75, 3.05) is 0 Å². The maximum Gasteiger partial charge on any atom is 0.0675 e. The van der Waals surface area contributed by atoms with Gasteiger partial charge in [0.25, 0.3) is 0 Å². The van der Waals surface area contributed by atoms with E-state index in [0.29, 0.717) is 0 Å². The number of fused-ring (bicyclic) bond motifs is 1. The van der Waals surface area contributed by atoms with Crippen LogP contribution in [0.2, 0.25) is 0 Å². The van der Waals surface area contributed by atoms with Crippen molar-refractivity contribution < 1.29 is 0 Å². The molecule has 90 valence electrons. The Morgan fingerprint density at radius 2 is 1.61 bits per heavy atom. The van der Waals surface area contributed by atoms with Crippen LogP contribution in [0, 0.1) is 0 Å². The van der Waals surface area contributed by atoms with E-state index in [1.807, 2.05) is 0 Å². The number of para-hydroxylation sites is 1. The molecule has 1 aliphatic heterocycles. The van der Waals surface area contributed by atoms with Gasteiger partial charge in [-0.3, -0.25) is 4.99 Å². The second kappa shape index (κ2) is 4.09. The molecule has 1 heterocycles. The predicted molar refractivity (Wildman–Crippen MR) is 76.7 cm³/mol. The Morgan fingerprint density at radius 1 is 0.944 bits per heavy atom. The molecule has 0 saturated heterocycles. The lowest BCUT2D eigenvalue weighted by Crippen LogP contribution is -2.29. The van der Waals surface area contributed by atoms with Crippen LogP contribution in [-0.4, -0.2) is 5.71 Å². The molecule has 2 aromatic rings. The Kier molecular flexibility index (Phi) is 2.55. The molecular weight excluding hydrogens is 218 g/mol. The van der Waals surface area contributed by atoms with Crippen LogP contribution in [-0.2, 0) is 5.41 Å². The smallest absolute Gasteiger partial charge is 0.0675 e. The fourth-order valence-corrected chi connectivity index (χ4v) is 2.75. The van der Waals surface area contributed by atoms with E-state index in [4.69, 9.17) is 4.99 Å². The Bertz CT molecular complexity index is 598. The maximum atomic E-state index is 4.86. The van der Waals surface area contributed by atoms with Crippen LogP contribution in [0.25, 0.3) is 0 Å². The number of aliphatic imine (C=N–C) groups is 1. The van der Waals surface area contributed by atoms with Gasteiger partial charge in [-0.05, 0) is 30.5 Å². The standard InChI is InChI=1S/C17H17N/c1-3-17(2)14-11-7-8-12-15(14)18-16(17)13-9-5-4-6-10-13/h4-12H,3H2,1-2H3. The van der Waals surface area contributed by atoms with E-state index in [1.165, 1.54) is 16.8 Å². The largest absolute Gasteiger partial charge is 0.252 e. The zero-order valence-corrected chi connectivity index (χ0v) is 10.9. The van der Waals surface area contributed by atoms with Crippen molar-refractivity contribution in [3.8, 4) is 0 Å². The second-order valence-corrected chi connectivity index (χ2v) is 5.03. The topological polar surface area (TPSA) is 12.4 Å². The molecule has 2 aromatic carbocycles. The lowest BCUT2D eigenvalue weighted by molar-refractivity contribution is 0.627. The fraction of sp³-hybridized carbons (Fsp3) is 0.235. The molecular formula is C17H17N. The molecule has 1 nitrogen and oxygen atoms in total. The highest BCUT2D eigenvalue weighted by Gasteiger charge is 2.37. The quantitative estimate of drug-likeness (QED) is 0.727. The molecule has 0 N–H and O–H groups in total. The molecule has 1 heteroatoms. The van der Waals surface area contributed by atoms with Gasteiger partial charge in [0, 0.05) is 5.41 Å². The lowest BCUT2D eigenvalue weighted by atomic mass is 9.75. The first-order valence-corrected chi connectivity index (χ1v) is 6.50. The maximum absolute atomic E-state index is 4.86. The van der Waals surface area contributed by atoms with E-state index >= 15 is 0 Å². The number of hydrogen-bond acceptors (Lipinski definition) is 1. The van der Waals surface area contributed by atoms with Crippen LogP contribution in [0.15, 0.2) is 59.6 Å². The summed E-state index contributed by atoms with van der Waals surface area (Å²) in [6.07, 6.45) is 1.07. The van der Waals surface area contributed by atoms with E-state index in [2.05, 4.69) is 68.4 Å². The van der Waals surface area contributed by atoms with Crippen molar-refractivity contribution in [3.63, 3.8) is 0 Å². The van der Waals surface area contributed by atoms with Crippen LogP contribution < -0.4 is 0 Å². The SMILES string of the molecule is CCC1(C)C(c2ccccc2)=Nc2ccccc21. The van der Waals surface area contributed by atoms with E-state index in [1.54, 1.807) is 0 Å². The van der Waals surface area contributed by atoms with Crippen molar-refractivity contribution in [3.05, 3.63) is 65.7 Å². The van der Waals surface area contributed by atoms with Gasteiger partial charge in [0.1, 0.15) is 0 Å². The second-order valence-electron chi connectivity index (χ2n) is 5.03. The van der Waals surface area contributed by atoms with Gasteiger partial charge >= 0.3 is 0 Å². The van der Waals surface area contributed by atoms with Crippen LogP contribution in [0.3, 0.4) is 0 Å². The Balaban J connectivity index is 2.18. The van der Waals surface area contributed by atoms with Crippen molar-refractivity contribution in [2.45, 2.75) is 25.7 Å². The Labute approximate surface area is 108 Å². The summed E-state index contributed by atoms with van der Waals surface area (Å²) in [4.78, 5) is 4.86. The molecule has 3 rings (SSSR count). The van der Waals surface area contributed by atoms with Gasteiger partial charge < -0.3 is 0 Å². The van der Waals surface area contributed by atoms with Gasteiger partial charge in [0.05, 0.1) is 11.4 Å². The Morgan fingerprint density at radius 3 is 2.33 bits per heavy atom. The van der Waals surface area contributed by atoms with Crippen LogP contribution in [0.5, 0.6) is 0 Å². The molecule has 0 spiro atoms. The summed E-state index contributed by atoms with van der Waals surface area (Å²) in [6.45, 7) is 4.53. The molecule has 0 fully saturated rings. The average molecular weight is 235 g/mol. The number of benzene rings is 2. The zero-order chi connectivity index (χ0) is 12.6. The third-order valence-corrected chi connectivity index (χ3v) is 4.01. The van der Waals surface area contributed by atoms with Gasteiger partial charge in [0.15, 0.2) is 0 Å². The van der Waals surface area contributed by atoms with Gasteiger partial charge in [0.2, 0.25) is 0 Å². The molecule has 0 saturated carbocycles. The minimum absolute atomic E-state index is 0.0396. The lowest BCUT2D eigenvalue weighted by Gasteiger charge is -2.26. The number of hydrogen-bond donors (Lipinski definition) is 0. The van der Waals surface area contributed by atoms with E-state index in [9.17, 15) is 0 Å². The molecule has 18 heavy (non-hydrogen) atoms. The van der Waals surface area contributed by atoms with E-state index < -0.39 is 0 Å². The molecule has 0 bridgehead atoms. The molecule has 0 radical (unpaired) electrons. The van der Waals surface area contributed by atoms with Crippen LogP contribution >= 0.6 is 0 Å².